The van der Waals surface area contributed by atoms with E-state index in [9.17, 15) is 4.79 Å². The molecule has 0 bridgehead atoms. The normalized spacial score (nSPS) is 10.4. The molecule has 5 heteroatoms. The number of nitrogens with zero attached hydrogens (tertiary/aromatic N) is 1. The molecule has 0 aliphatic heterocycles. The maximum atomic E-state index is 12.7. The van der Waals surface area contributed by atoms with Crippen molar-refractivity contribution in [2.75, 3.05) is 25.6 Å². The zero-order valence-electron chi connectivity index (χ0n) is 13.9. The lowest BCUT2D eigenvalue weighted by molar-refractivity contribution is 0.182. The Morgan fingerprint density at radius 3 is 2.50 bits per heavy atom. The molecule has 2 aromatic rings. The Hall–Kier alpha value is -2.04. The van der Waals surface area contributed by atoms with Crippen molar-refractivity contribution in [3.05, 3.63) is 65.2 Å². The van der Waals surface area contributed by atoms with Crippen LogP contribution >= 0.6 is 11.6 Å². The molecule has 0 aliphatic carbocycles. The second kappa shape index (κ2) is 9.96. The van der Waals surface area contributed by atoms with E-state index in [-0.39, 0.29) is 6.03 Å². The van der Waals surface area contributed by atoms with Crippen LogP contribution in [-0.2, 0) is 11.3 Å². The van der Waals surface area contributed by atoms with E-state index >= 15 is 0 Å². The Morgan fingerprint density at radius 2 is 1.79 bits per heavy atom. The number of hydrogen-bond acceptors (Lipinski definition) is 2. The van der Waals surface area contributed by atoms with Gasteiger partial charge in [0.25, 0.3) is 0 Å². The van der Waals surface area contributed by atoms with Crippen LogP contribution in [0, 0.1) is 0 Å². The van der Waals surface area contributed by atoms with Gasteiger partial charge in [-0.1, -0.05) is 54.1 Å². The minimum Gasteiger partial charge on any atom is -0.385 e. The molecule has 0 spiro atoms. The zero-order chi connectivity index (χ0) is 17.2. The van der Waals surface area contributed by atoms with Gasteiger partial charge < -0.3 is 15.0 Å². The average molecular weight is 347 g/mol. The summed E-state index contributed by atoms with van der Waals surface area (Å²) >= 11 is 6.13. The summed E-state index contributed by atoms with van der Waals surface area (Å²) in [6.45, 7) is 1.92. The predicted octanol–water partition coefficient (Wildman–Crippen LogP) is 4.80. The van der Waals surface area contributed by atoms with Gasteiger partial charge in [0.1, 0.15) is 0 Å². The first-order chi connectivity index (χ1) is 11.7. The number of hydrogen-bond donors (Lipinski definition) is 1. The third kappa shape index (κ3) is 5.87. The molecule has 0 atom stereocenters. The number of ether oxygens (including phenoxy) is 1. The molecule has 0 saturated carbocycles. The smallest absolute Gasteiger partial charge is 0.322 e. The number of anilines is 1. The van der Waals surface area contributed by atoms with Crippen LogP contribution in [0.2, 0.25) is 5.02 Å². The van der Waals surface area contributed by atoms with Gasteiger partial charge in [-0.05, 0) is 30.5 Å². The molecule has 0 saturated heterocycles. The van der Waals surface area contributed by atoms with Crippen LogP contribution in [0.25, 0.3) is 0 Å². The van der Waals surface area contributed by atoms with Gasteiger partial charge in [-0.3, -0.25) is 0 Å². The van der Waals surface area contributed by atoms with Crippen molar-refractivity contribution in [1.29, 1.82) is 0 Å². The molecule has 0 heterocycles. The van der Waals surface area contributed by atoms with Gasteiger partial charge in [0.05, 0.1) is 10.7 Å². The number of methoxy groups -OCH3 is 1. The maximum absolute atomic E-state index is 12.7. The number of para-hydroxylation sites is 1. The van der Waals surface area contributed by atoms with Crippen LogP contribution < -0.4 is 5.32 Å². The topological polar surface area (TPSA) is 41.6 Å². The van der Waals surface area contributed by atoms with Gasteiger partial charge in [0.2, 0.25) is 0 Å². The molecule has 0 aliphatic rings. The summed E-state index contributed by atoms with van der Waals surface area (Å²) < 4.78 is 5.08. The van der Waals surface area contributed by atoms with Crippen molar-refractivity contribution < 1.29 is 9.53 Å². The number of benzene rings is 2. The number of carbonyl (C=O) groups excluding carboxylic acids is 1. The largest absolute Gasteiger partial charge is 0.385 e. The molecule has 0 aromatic heterocycles. The molecule has 2 amide bonds. The number of nitrogens with one attached hydrogen (secondary N) is 1. The minimum atomic E-state index is -0.149. The van der Waals surface area contributed by atoms with Crippen LogP contribution in [0.5, 0.6) is 0 Å². The predicted molar refractivity (Wildman–Crippen MR) is 98.4 cm³/mol. The third-order valence-electron chi connectivity index (χ3n) is 3.65. The molecule has 2 rings (SSSR count). The number of unbranched alkanes of at least 4 members (excludes halogenated alkanes) is 1. The van der Waals surface area contributed by atoms with E-state index in [1.807, 2.05) is 42.5 Å². The van der Waals surface area contributed by atoms with Gasteiger partial charge in [-0.2, -0.15) is 0 Å². The highest BCUT2D eigenvalue weighted by molar-refractivity contribution is 6.33. The summed E-state index contributed by atoms with van der Waals surface area (Å²) in [6, 6.07) is 17.1. The fraction of sp³-hybridized carbons (Fsp3) is 0.316. The van der Waals surface area contributed by atoms with Gasteiger partial charge in [-0.15, -0.1) is 0 Å². The first kappa shape index (κ1) is 18.3. The van der Waals surface area contributed by atoms with E-state index in [4.69, 9.17) is 16.3 Å². The summed E-state index contributed by atoms with van der Waals surface area (Å²) in [5, 5.41) is 3.43. The van der Waals surface area contributed by atoms with E-state index in [1.165, 1.54) is 0 Å². The lowest BCUT2D eigenvalue weighted by Gasteiger charge is -2.23. The number of rotatable bonds is 8. The monoisotopic (exact) mass is 346 g/mol. The molecule has 2 aromatic carbocycles. The molecular formula is C19H23ClN2O2. The van der Waals surface area contributed by atoms with E-state index in [0.29, 0.717) is 30.4 Å². The van der Waals surface area contributed by atoms with Crippen molar-refractivity contribution in [3.63, 3.8) is 0 Å². The van der Waals surface area contributed by atoms with Gasteiger partial charge in [-0.25, -0.2) is 4.79 Å². The van der Waals surface area contributed by atoms with Gasteiger partial charge >= 0.3 is 6.03 Å². The number of halogens is 1. The second-order valence-corrected chi connectivity index (χ2v) is 5.92. The molecular weight excluding hydrogens is 324 g/mol. The van der Waals surface area contributed by atoms with Crippen LogP contribution in [0.3, 0.4) is 0 Å². The molecule has 1 N–H and O–H groups in total. The Bertz CT molecular complexity index is 634. The van der Waals surface area contributed by atoms with E-state index in [1.54, 1.807) is 24.1 Å². The summed E-state index contributed by atoms with van der Waals surface area (Å²) in [5.41, 5.74) is 1.72. The van der Waals surface area contributed by atoms with Gasteiger partial charge in [0.15, 0.2) is 0 Å². The van der Waals surface area contributed by atoms with Gasteiger partial charge in [0, 0.05) is 26.8 Å². The lowest BCUT2D eigenvalue weighted by Crippen LogP contribution is -2.35. The summed E-state index contributed by atoms with van der Waals surface area (Å²) in [6.07, 6.45) is 1.80. The van der Waals surface area contributed by atoms with Crippen LogP contribution in [-0.4, -0.2) is 31.2 Å². The van der Waals surface area contributed by atoms with Crippen molar-refractivity contribution in [2.24, 2.45) is 0 Å². The fourth-order valence-corrected chi connectivity index (χ4v) is 2.55. The Labute approximate surface area is 148 Å². The summed E-state index contributed by atoms with van der Waals surface area (Å²) in [7, 11) is 1.69. The highest BCUT2D eigenvalue weighted by Crippen LogP contribution is 2.21. The SMILES string of the molecule is COCCCCN(Cc1ccccc1)C(=O)Nc1ccccc1Cl. The maximum Gasteiger partial charge on any atom is 0.322 e. The number of carbonyl (C=O) groups is 1. The second-order valence-electron chi connectivity index (χ2n) is 5.52. The highest BCUT2D eigenvalue weighted by Gasteiger charge is 2.15. The lowest BCUT2D eigenvalue weighted by atomic mass is 10.2. The average Bonchev–Trinajstić information content (AvgIpc) is 2.60. The molecule has 4 nitrogen and oxygen atoms in total. The molecule has 0 fully saturated rings. The van der Waals surface area contributed by atoms with Crippen LogP contribution in [0.4, 0.5) is 10.5 Å². The molecule has 0 unspecified atom stereocenters. The van der Waals surface area contributed by atoms with Crippen LogP contribution in [0.1, 0.15) is 18.4 Å². The zero-order valence-corrected chi connectivity index (χ0v) is 14.6. The molecule has 0 radical (unpaired) electrons. The molecule has 128 valence electrons. The van der Waals surface area contributed by atoms with E-state index < -0.39 is 0 Å². The van der Waals surface area contributed by atoms with Crippen LogP contribution in [0.15, 0.2) is 54.6 Å². The quantitative estimate of drug-likeness (QED) is 0.697. The Balaban J connectivity index is 2.02. The number of urea groups is 1. The fourth-order valence-electron chi connectivity index (χ4n) is 2.36. The molecule has 24 heavy (non-hydrogen) atoms. The Morgan fingerprint density at radius 1 is 1.08 bits per heavy atom. The third-order valence-corrected chi connectivity index (χ3v) is 3.98. The summed E-state index contributed by atoms with van der Waals surface area (Å²) in [4.78, 5) is 14.5. The van der Waals surface area contributed by atoms with E-state index in [0.717, 1.165) is 18.4 Å². The first-order valence-corrected chi connectivity index (χ1v) is 8.42. The minimum absolute atomic E-state index is 0.149. The van der Waals surface area contributed by atoms with Crippen molar-refractivity contribution in [1.82, 2.24) is 4.90 Å². The van der Waals surface area contributed by atoms with Crippen molar-refractivity contribution >= 4 is 23.3 Å². The van der Waals surface area contributed by atoms with Crippen molar-refractivity contribution in [2.45, 2.75) is 19.4 Å². The standard InChI is InChI=1S/C19H23ClN2O2/c1-24-14-8-7-13-22(15-16-9-3-2-4-10-16)19(23)21-18-12-6-5-11-17(18)20/h2-6,9-12H,7-8,13-15H2,1H3,(H,21,23). The van der Waals surface area contributed by atoms with Crippen molar-refractivity contribution in [3.8, 4) is 0 Å². The first-order valence-electron chi connectivity index (χ1n) is 8.04. The Kier molecular flexibility index (Phi) is 7.59. The summed E-state index contributed by atoms with van der Waals surface area (Å²) in [5.74, 6) is 0. The number of amides is 2. The highest BCUT2D eigenvalue weighted by atomic mass is 35.5. The van der Waals surface area contributed by atoms with E-state index in [2.05, 4.69) is 5.32 Å².